The fourth-order valence-corrected chi connectivity index (χ4v) is 4.91. The molecular weight excluding hydrogens is 412 g/mol. The highest BCUT2D eigenvalue weighted by Gasteiger charge is 2.16. The number of H-pyrrole nitrogens is 2. The smallest absolute Gasteiger partial charge is 0.283 e. The lowest BCUT2D eigenvalue weighted by Crippen LogP contribution is -2.47. The van der Waals surface area contributed by atoms with Crippen LogP contribution in [0.2, 0.25) is 0 Å². The summed E-state index contributed by atoms with van der Waals surface area (Å²) >= 11 is 1.19. The zero-order valence-corrected chi connectivity index (χ0v) is 17.9. The molecule has 1 saturated heterocycles. The molecule has 5 rings (SSSR count). The minimum atomic E-state index is -0.459. The van der Waals surface area contributed by atoms with Gasteiger partial charge in [0.05, 0.1) is 5.22 Å². The number of carbonyl (C=O) groups excluding carboxylic acids is 1. The number of hydrogen-bond donors (Lipinski definition) is 3. The summed E-state index contributed by atoms with van der Waals surface area (Å²) in [5, 5.41) is 13.2. The predicted molar refractivity (Wildman–Crippen MR) is 120 cm³/mol. The molecule has 3 N–H and O–H groups in total. The van der Waals surface area contributed by atoms with Gasteiger partial charge in [-0.1, -0.05) is 29.5 Å². The molecule has 2 aromatic rings. The monoisotopic (exact) mass is 434 g/mol. The number of rotatable bonds is 2. The Morgan fingerprint density at radius 2 is 2.00 bits per heavy atom. The van der Waals surface area contributed by atoms with Crippen LogP contribution in [0.25, 0.3) is 28.2 Å². The van der Waals surface area contributed by atoms with Crippen LogP contribution >= 0.6 is 11.3 Å². The number of para-hydroxylation sites is 1. The quantitative estimate of drug-likeness (QED) is 0.437. The Morgan fingerprint density at radius 1 is 1.23 bits per heavy atom. The third kappa shape index (κ3) is 3.50. The normalized spacial score (nSPS) is 16.0. The predicted octanol–water partition coefficient (Wildman–Crippen LogP) is 0.951. The van der Waals surface area contributed by atoms with Crippen molar-refractivity contribution >= 4 is 40.3 Å². The van der Waals surface area contributed by atoms with Gasteiger partial charge in [0.2, 0.25) is 11.0 Å². The number of benzene rings is 1. The van der Waals surface area contributed by atoms with E-state index in [2.05, 4.69) is 15.1 Å². The van der Waals surface area contributed by atoms with Crippen molar-refractivity contribution in [3.05, 3.63) is 61.2 Å². The molecule has 4 heterocycles. The van der Waals surface area contributed by atoms with E-state index in [9.17, 15) is 9.59 Å². The molecule has 1 aromatic heterocycles. The second-order valence-corrected chi connectivity index (χ2v) is 8.77. The zero-order chi connectivity index (χ0) is 21.5. The Kier molecular flexibility index (Phi) is 4.82. The number of likely N-dealkylation sites (tertiary alicyclic amines) is 1. The van der Waals surface area contributed by atoms with Crippen LogP contribution in [-0.4, -0.2) is 43.6 Å². The summed E-state index contributed by atoms with van der Waals surface area (Å²) in [4.78, 5) is 34.6. The van der Waals surface area contributed by atoms with Crippen LogP contribution in [0.5, 0.6) is 0 Å². The van der Waals surface area contributed by atoms with Gasteiger partial charge in [-0.2, -0.15) is 4.98 Å². The molecule has 1 amide bonds. The molecule has 3 aliphatic rings. The molecule has 0 bridgehead atoms. The van der Waals surface area contributed by atoms with Gasteiger partial charge in [-0.15, -0.1) is 0 Å². The summed E-state index contributed by atoms with van der Waals surface area (Å²) in [6.45, 7) is 3.47. The number of nitrogens with one attached hydrogen (secondary N) is 3. The van der Waals surface area contributed by atoms with Crippen LogP contribution in [0, 0.1) is 12.3 Å². The largest absolute Gasteiger partial charge is 0.358 e. The summed E-state index contributed by atoms with van der Waals surface area (Å²) in [6.07, 6.45) is 6.44. The highest BCUT2D eigenvalue weighted by Crippen LogP contribution is 2.22. The molecule has 0 saturated carbocycles. The minimum Gasteiger partial charge on any atom is -0.358 e. The summed E-state index contributed by atoms with van der Waals surface area (Å²) < 4.78 is 2.02. The van der Waals surface area contributed by atoms with Crippen molar-refractivity contribution in [1.82, 2.24) is 24.6 Å². The third-order valence-corrected chi connectivity index (χ3v) is 6.56. The summed E-state index contributed by atoms with van der Waals surface area (Å²) in [5.74, 6) is -0.0572. The highest BCUT2D eigenvalue weighted by atomic mass is 32.1. The molecule has 0 radical (unpaired) electrons. The van der Waals surface area contributed by atoms with E-state index in [0.29, 0.717) is 9.79 Å². The first-order valence-corrected chi connectivity index (χ1v) is 11.1. The van der Waals surface area contributed by atoms with Gasteiger partial charge in [0.15, 0.2) is 5.49 Å². The van der Waals surface area contributed by atoms with Crippen LogP contribution in [0.4, 0.5) is 0 Å². The molecule has 1 fully saturated rings. The highest BCUT2D eigenvalue weighted by molar-refractivity contribution is 7.11. The number of aromatic nitrogens is 4. The van der Waals surface area contributed by atoms with E-state index >= 15 is 0 Å². The Morgan fingerprint density at radius 3 is 2.81 bits per heavy atom. The van der Waals surface area contributed by atoms with Crippen LogP contribution < -0.4 is 20.9 Å². The van der Waals surface area contributed by atoms with Crippen molar-refractivity contribution in [2.24, 2.45) is 0 Å². The van der Waals surface area contributed by atoms with E-state index in [1.54, 1.807) is 6.08 Å². The third-order valence-electron chi connectivity index (χ3n) is 5.68. The van der Waals surface area contributed by atoms with Crippen LogP contribution in [-0.2, 0) is 4.79 Å². The van der Waals surface area contributed by atoms with Gasteiger partial charge in [-0.05, 0) is 38.3 Å². The second kappa shape index (κ2) is 7.66. The van der Waals surface area contributed by atoms with E-state index in [1.165, 1.54) is 22.1 Å². The first kappa shape index (κ1) is 19.5. The lowest BCUT2D eigenvalue weighted by atomic mass is 10.1. The zero-order valence-electron chi connectivity index (χ0n) is 17.1. The second-order valence-electron chi connectivity index (χ2n) is 7.76. The molecule has 158 valence electrons. The molecular formula is C22H22N6O2S. The van der Waals surface area contributed by atoms with Gasteiger partial charge in [-0.25, -0.2) is 4.68 Å². The number of fused-ring (bicyclic) bond motifs is 2. The van der Waals surface area contributed by atoms with Gasteiger partial charge in [0.25, 0.3) is 5.56 Å². The van der Waals surface area contributed by atoms with E-state index in [4.69, 9.17) is 5.41 Å². The van der Waals surface area contributed by atoms with E-state index in [0.717, 1.165) is 54.5 Å². The van der Waals surface area contributed by atoms with Crippen molar-refractivity contribution < 1.29 is 4.79 Å². The van der Waals surface area contributed by atoms with Crippen LogP contribution in [0.3, 0.4) is 0 Å². The number of piperidine rings is 1. The van der Waals surface area contributed by atoms with Crippen molar-refractivity contribution in [2.75, 3.05) is 13.1 Å². The van der Waals surface area contributed by atoms with Crippen LogP contribution in [0.1, 0.15) is 30.5 Å². The van der Waals surface area contributed by atoms with Crippen molar-refractivity contribution in [3.8, 4) is 5.13 Å². The molecule has 3 aliphatic heterocycles. The number of aryl methyl sites for hydroxylation is 1. The lowest BCUT2D eigenvalue weighted by Gasteiger charge is -2.25. The topological polar surface area (TPSA) is 111 Å². The number of amides is 1. The Balaban J connectivity index is 1.64. The molecule has 0 spiro atoms. The van der Waals surface area contributed by atoms with Gasteiger partial charge in [-0.3, -0.25) is 20.1 Å². The fourth-order valence-electron chi connectivity index (χ4n) is 4.06. The first-order valence-electron chi connectivity index (χ1n) is 10.3. The van der Waals surface area contributed by atoms with E-state index < -0.39 is 5.56 Å². The average Bonchev–Trinajstić information content (AvgIpc) is 3.31. The van der Waals surface area contributed by atoms with Crippen LogP contribution in [0.15, 0.2) is 29.1 Å². The average molecular weight is 435 g/mol. The molecule has 8 nitrogen and oxygen atoms in total. The molecule has 31 heavy (non-hydrogen) atoms. The maximum absolute atomic E-state index is 12.7. The Hall–Kier alpha value is -3.46. The minimum absolute atomic E-state index is 0.0148. The number of hydrogen-bond acceptors (Lipinski definition) is 5. The SMILES string of the molecule is Cc1[nH]c2ccccc2c1/C=c1\c(=O)nc2s/c(=C/C(=O)N3CCCCC3)[nH]n-2c1=N. The number of nitrogens with zero attached hydrogens (tertiary/aromatic N) is 3. The van der Waals surface area contributed by atoms with Gasteiger partial charge in [0, 0.05) is 41.3 Å². The maximum Gasteiger partial charge on any atom is 0.283 e. The first-order chi connectivity index (χ1) is 15.0. The molecule has 0 aliphatic carbocycles. The summed E-state index contributed by atoms with van der Waals surface area (Å²) in [7, 11) is 0. The van der Waals surface area contributed by atoms with E-state index in [-0.39, 0.29) is 16.6 Å². The van der Waals surface area contributed by atoms with Crippen molar-refractivity contribution in [1.29, 1.82) is 5.41 Å². The molecule has 0 unspecified atom stereocenters. The molecule has 0 atom stereocenters. The lowest BCUT2D eigenvalue weighted by molar-refractivity contribution is -0.125. The van der Waals surface area contributed by atoms with Crippen molar-refractivity contribution in [3.63, 3.8) is 0 Å². The molecule has 9 heteroatoms. The standard InChI is InChI=1S/C22H22N6O2S/c1-13-15(14-7-3-4-8-17(14)24-13)11-16-20(23)28-22(25-21(16)30)31-18(26-28)12-19(29)27-9-5-2-6-10-27/h3-4,7-8,11-12,23-24,26H,2,5-6,9-10H2,1H3/b16-11-,18-12+,23-20?. The Bertz CT molecular complexity index is 1500. The summed E-state index contributed by atoms with van der Waals surface area (Å²) in [5.41, 5.74) is 2.31. The van der Waals surface area contributed by atoms with E-state index in [1.807, 2.05) is 36.1 Å². The maximum atomic E-state index is 12.7. The van der Waals surface area contributed by atoms with Gasteiger partial charge in [0.1, 0.15) is 4.66 Å². The summed E-state index contributed by atoms with van der Waals surface area (Å²) in [6, 6.07) is 7.85. The Labute approximate surface area is 181 Å². The number of carbonyl (C=O) groups is 1. The van der Waals surface area contributed by atoms with Crippen molar-refractivity contribution in [2.45, 2.75) is 26.2 Å². The van der Waals surface area contributed by atoms with Gasteiger partial charge < -0.3 is 9.88 Å². The fraction of sp³-hybridized carbons (Fsp3) is 0.273. The number of aromatic amines is 2. The molecule has 1 aromatic carbocycles. The van der Waals surface area contributed by atoms with Gasteiger partial charge >= 0.3 is 0 Å².